The fraction of sp³-hybridized carbons (Fsp3) is 1.00. The lowest BCUT2D eigenvalue weighted by atomic mass is 9.68. The standard InChI is InChI=1S/C14H26O2/c1-10(11-6-2-4-8-13(11)15)12-7-3-5-9-14(12)16/h10-16H,2-9H2,1H3. The van der Waals surface area contributed by atoms with Crippen molar-refractivity contribution in [3.63, 3.8) is 0 Å². The van der Waals surface area contributed by atoms with Gasteiger partial charge in [0.05, 0.1) is 12.2 Å². The number of rotatable bonds is 2. The molecule has 16 heavy (non-hydrogen) atoms. The third kappa shape index (κ3) is 2.60. The largest absolute Gasteiger partial charge is 0.393 e. The lowest BCUT2D eigenvalue weighted by molar-refractivity contribution is -0.0243. The van der Waals surface area contributed by atoms with Crippen LogP contribution in [0.25, 0.3) is 0 Å². The normalized spacial score (nSPS) is 42.9. The first-order chi connectivity index (χ1) is 7.70. The van der Waals surface area contributed by atoms with E-state index in [1.165, 1.54) is 25.7 Å². The van der Waals surface area contributed by atoms with Crippen LogP contribution in [0, 0.1) is 17.8 Å². The third-order valence-electron chi connectivity index (χ3n) is 4.91. The summed E-state index contributed by atoms with van der Waals surface area (Å²) in [5.74, 6) is 1.36. The molecule has 4 atom stereocenters. The van der Waals surface area contributed by atoms with Gasteiger partial charge in [-0.1, -0.05) is 32.6 Å². The van der Waals surface area contributed by atoms with Gasteiger partial charge in [-0.05, 0) is 43.4 Å². The van der Waals surface area contributed by atoms with Crippen molar-refractivity contribution in [2.75, 3.05) is 0 Å². The van der Waals surface area contributed by atoms with E-state index < -0.39 is 0 Å². The Balaban J connectivity index is 1.96. The van der Waals surface area contributed by atoms with E-state index in [1.54, 1.807) is 0 Å². The fourth-order valence-corrected chi connectivity index (χ4v) is 3.82. The average Bonchev–Trinajstić information content (AvgIpc) is 2.29. The molecule has 0 aromatic rings. The Kier molecular flexibility index (Phi) is 4.26. The van der Waals surface area contributed by atoms with Crippen molar-refractivity contribution in [3.8, 4) is 0 Å². The van der Waals surface area contributed by atoms with E-state index in [-0.39, 0.29) is 12.2 Å². The summed E-state index contributed by atoms with van der Waals surface area (Å²) in [5, 5.41) is 20.1. The van der Waals surface area contributed by atoms with Gasteiger partial charge in [0.25, 0.3) is 0 Å². The Hall–Kier alpha value is -0.0800. The maximum atomic E-state index is 10.1. The van der Waals surface area contributed by atoms with Crippen LogP contribution in [0.5, 0.6) is 0 Å². The second-order valence-electron chi connectivity index (χ2n) is 5.89. The van der Waals surface area contributed by atoms with Gasteiger partial charge in [-0.3, -0.25) is 0 Å². The zero-order chi connectivity index (χ0) is 11.5. The van der Waals surface area contributed by atoms with Gasteiger partial charge < -0.3 is 10.2 Å². The summed E-state index contributed by atoms with van der Waals surface area (Å²) in [5.41, 5.74) is 0. The van der Waals surface area contributed by atoms with Crippen molar-refractivity contribution in [3.05, 3.63) is 0 Å². The predicted octanol–water partition coefficient (Wildman–Crippen LogP) is 2.72. The first-order valence-electron chi connectivity index (χ1n) is 7.06. The molecule has 0 heterocycles. The van der Waals surface area contributed by atoms with Crippen molar-refractivity contribution in [2.24, 2.45) is 17.8 Å². The van der Waals surface area contributed by atoms with Gasteiger partial charge in [-0.2, -0.15) is 0 Å². The summed E-state index contributed by atoms with van der Waals surface area (Å²) < 4.78 is 0. The highest BCUT2D eigenvalue weighted by atomic mass is 16.3. The lowest BCUT2D eigenvalue weighted by Gasteiger charge is -2.40. The first-order valence-corrected chi connectivity index (χ1v) is 7.06. The highest BCUT2D eigenvalue weighted by molar-refractivity contribution is 4.86. The smallest absolute Gasteiger partial charge is 0.0571 e. The molecule has 2 aliphatic rings. The molecule has 2 aliphatic carbocycles. The molecule has 94 valence electrons. The van der Waals surface area contributed by atoms with Crippen molar-refractivity contribution in [1.29, 1.82) is 0 Å². The van der Waals surface area contributed by atoms with Gasteiger partial charge in [0, 0.05) is 0 Å². The molecule has 0 aromatic carbocycles. The van der Waals surface area contributed by atoms with E-state index in [0.29, 0.717) is 17.8 Å². The highest BCUT2D eigenvalue weighted by Crippen LogP contribution is 2.39. The molecule has 0 aromatic heterocycles. The summed E-state index contributed by atoms with van der Waals surface area (Å²) in [6, 6.07) is 0. The second kappa shape index (κ2) is 5.50. The molecule has 2 fully saturated rings. The molecule has 2 N–H and O–H groups in total. The van der Waals surface area contributed by atoms with Crippen LogP contribution in [0.4, 0.5) is 0 Å². The van der Waals surface area contributed by atoms with Crippen LogP contribution in [0.2, 0.25) is 0 Å². The van der Waals surface area contributed by atoms with Crippen LogP contribution in [0.3, 0.4) is 0 Å². The van der Waals surface area contributed by atoms with E-state index in [0.717, 1.165) is 25.7 Å². The molecular weight excluding hydrogens is 200 g/mol. The maximum absolute atomic E-state index is 10.1. The van der Waals surface area contributed by atoms with E-state index in [2.05, 4.69) is 6.92 Å². The Bertz CT molecular complexity index is 195. The molecule has 2 saturated carbocycles. The Morgan fingerprint density at radius 3 is 1.50 bits per heavy atom. The molecule has 0 radical (unpaired) electrons. The highest BCUT2D eigenvalue weighted by Gasteiger charge is 2.36. The molecule has 2 nitrogen and oxygen atoms in total. The van der Waals surface area contributed by atoms with E-state index in [9.17, 15) is 10.2 Å². The summed E-state index contributed by atoms with van der Waals surface area (Å²) in [6.45, 7) is 2.25. The Morgan fingerprint density at radius 2 is 1.12 bits per heavy atom. The quantitative estimate of drug-likeness (QED) is 0.760. The number of aliphatic hydroxyl groups excluding tert-OH is 2. The Labute approximate surface area is 99.1 Å². The van der Waals surface area contributed by atoms with Crippen LogP contribution in [-0.4, -0.2) is 22.4 Å². The van der Waals surface area contributed by atoms with Gasteiger partial charge in [0.15, 0.2) is 0 Å². The van der Waals surface area contributed by atoms with Crippen molar-refractivity contribution in [2.45, 2.75) is 70.5 Å². The molecule has 0 aliphatic heterocycles. The summed E-state index contributed by atoms with van der Waals surface area (Å²) >= 11 is 0. The topological polar surface area (TPSA) is 40.5 Å². The van der Waals surface area contributed by atoms with Crippen LogP contribution in [0.15, 0.2) is 0 Å². The minimum absolute atomic E-state index is 0.113. The van der Waals surface area contributed by atoms with Gasteiger partial charge in [-0.15, -0.1) is 0 Å². The molecule has 2 heteroatoms. The minimum Gasteiger partial charge on any atom is -0.393 e. The molecule has 0 spiro atoms. The van der Waals surface area contributed by atoms with E-state index in [1.807, 2.05) is 0 Å². The molecule has 4 unspecified atom stereocenters. The van der Waals surface area contributed by atoms with Crippen LogP contribution in [0.1, 0.15) is 58.3 Å². The predicted molar refractivity (Wildman–Crippen MR) is 65.1 cm³/mol. The monoisotopic (exact) mass is 226 g/mol. The number of hydrogen-bond acceptors (Lipinski definition) is 2. The zero-order valence-electron chi connectivity index (χ0n) is 10.4. The van der Waals surface area contributed by atoms with Gasteiger partial charge >= 0.3 is 0 Å². The van der Waals surface area contributed by atoms with Gasteiger partial charge in [-0.25, -0.2) is 0 Å². The summed E-state index contributed by atoms with van der Waals surface area (Å²) in [6.07, 6.45) is 8.90. The Morgan fingerprint density at radius 1 is 0.750 bits per heavy atom. The van der Waals surface area contributed by atoms with Gasteiger partial charge in [0.1, 0.15) is 0 Å². The van der Waals surface area contributed by atoms with E-state index in [4.69, 9.17) is 0 Å². The minimum atomic E-state index is -0.113. The molecule has 2 rings (SSSR count). The lowest BCUT2D eigenvalue weighted by Crippen LogP contribution is -2.39. The van der Waals surface area contributed by atoms with Gasteiger partial charge in [0.2, 0.25) is 0 Å². The van der Waals surface area contributed by atoms with Crippen LogP contribution >= 0.6 is 0 Å². The summed E-state index contributed by atoms with van der Waals surface area (Å²) in [4.78, 5) is 0. The number of aliphatic hydroxyl groups is 2. The second-order valence-corrected chi connectivity index (χ2v) is 5.89. The molecule has 0 amide bonds. The average molecular weight is 226 g/mol. The van der Waals surface area contributed by atoms with Crippen LogP contribution < -0.4 is 0 Å². The third-order valence-corrected chi connectivity index (χ3v) is 4.91. The van der Waals surface area contributed by atoms with Crippen molar-refractivity contribution < 1.29 is 10.2 Å². The van der Waals surface area contributed by atoms with Crippen molar-refractivity contribution >= 4 is 0 Å². The number of hydrogen-bond donors (Lipinski definition) is 2. The molecular formula is C14H26O2. The fourth-order valence-electron chi connectivity index (χ4n) is 3.82. The van der Waals surface area contributed by atoms with Crippen molar-refractivity contribution in [1.82, 2.24) is 0 Å². The van der Waals surface area contributed by atoms with E-state index >= 15 is 0 Å². The zero-order valence-corrected chi connectivity index (χ0v) is 10.4. The SMILES string of the molecule is CC(C1CCCCC1O)C1CCCCC1O. The maximum Gasteiger partial charge on any atom is 0.0571 e. The first kappa shape index (κ1) is 12.4. The van der Waals surface area contributed by atoms with Crippen LogP contribution in [-0.2, 0) is 0 Å². The molecule has 0 saturated heterocycles. The summed E-state index contributed by atoms with van der Waals surface area (Å²) in [7, 11) is 0. The molecule has 0 bridgehead atoms.